The molecule has 1 aromatic rings. The molecule has 1 heterocycles. The normalized spacial score (nSPS) is 10.4. The third-order valence-electron chi connectivity index (χ3n) is 1.66. The average molecular weight is 214 g/mol. The van der Waals surface area contributed by atoms with Crippen LogP contribution in [0.5, 0.6) is 0 Å². The van der Waals surface area contributed by atoms with Crippen LogP contribution in [0, 0.1) is 0 Å². The molecule has 1 aromatic heterocycles. The quantitative estimate of drug-likeness (QED) is 0.723. The lowest BCUT2D eigenvalue weighted by Crippen LogP contribution is -2.02. The van der Waals surface area contributed by atoms with Crippen LogP contribution in [0.3, 0.4) is 0 Å². The molecule has 14 heavy (non-hydrogen) atoms. The summed E-state index contributed by atoms with van der Waals surface area (Å²) in [5.74, 6) is 1.99. The van der Waals surface area contributed by atoms with E-state index in [9.17, 15) is 4.79 Å². The maximum atomic E-state index is 11.2. The van der Waals surface area contributed by atoms with Crippen LogP contribution in [0.2, 0.25) is 0 Å². The van der Waals surface area contributed by atoms with Crippen LogP contribution in [0.1, 0.15) is 31.5 Å². The predicted molar refractivity (Wildman–Crippen MR) is 55.1 cm³/mol. The van der Waals surface area contributed by atoms with Crippen molar-refractivity contribution in [3.8, 4) is 0 Å². The number of hydrogen-bond acceptors (Lipinski definition) is 5. The van der Waals surface area contributed by atoms with Crippen molar-refractivity contribution in [2.24, 2.45) is 0 Å². The minimum atomic E-state index is 0.159. The molecule has 0 radical (unpaired) electrons. The Morgan fingerprint density at radius 3 is 3.00 bits per heavy atom. The highest BCUT2D eigenvalue weighted by Gasteiger charge is 2.09. The smallest absolute Gasteiger partial charge is 0.234 e. The van der Waals surface area contributed by atoms with Crippen LogP contribution in [0.15, 0.2) is 4.52 Å². The Morgan fingerprint density at radius 2 is 2.36 bits per heavy atom. The van der Waals surface area contributed by atoms with E-state index in [2.05, 4.69) is 10.1 Å². The molecular formula is C9H14N2O2S. The van der Waals surface area contributed by atoms with Crippen molar-refractivity contribution in [3.05, 3.63) is 11.7 Å². The van der Waals surface area contributed by atoms with E-state index < -0.39 is 0 Å². The van der Waals surface area contributed by atoms with Gasteiger partial charge in [-0.25, -0.2) is 0 Å². The number of hydrogen-bond donors (Lipinski definition) is 0. The topological polar surface area (TPSA) is 56.0 Å². The Balaban J connectivity index is 2.46. The molecule has 0 amide bonds. The van der Waals surface area contributed by atoms with Crippen molar-refractivity contribution in [2.75, 3.05) is 6.26 Å². The highest BCUT2D eigenvalue weighted by atomic mass is 32.2. The molecule has 0 saturated carbocycles. The number of aromatic nitrogens is 2. The molecule has 78 valence electrons. The van der Waals surface area contributed by atoms with Gasteiger partial charge in [-0.15, -0.1) is 0 Å². The van der Waals surface area contributed by atoms with Crippen LogP contribution in [0.25, 0.3) is 0 Å². The molecule has 0 N–H and O–H groups in total. The first-order valence-electron chi connectivity index (χ1n) is 4.58. The molecule has 0 atom stereocenters. The third-order valence-corrected chi connectivity index (χ3v) is 2.21. The Labute approximate surface area is 87.5 Å². The molecule has 0 aliphatic heterocycles. The van der Waals surface area contributed by atoms with Gasteiger partial charge in [-0.1, -0.05) is 12.1 Å². The first-order valence-corrected chi connectivity index (χ1v) is 5.97. The highest BCUT2D eigenvalue weighted by molar-refractivity contribution is 7.97. The van der Waals surface area contributed by atoms with Gasteiger partial charge >= 0.3 is 0 Å². The van der Waals surface area contributed by atoms with Crippen LogP contribution in [-0.4, -0.2) is 22.2 Å². The summed E-state index contributed by atoms with van der Waals surface area (Å²) in [7, 11) is 0. The number of Topliss-reactive ketones (excluding diaryl/α,β-unsaturated/α-hetero) is 1. The predicted octanol–water partition coefficient (Wildman–Crippen LogP) is 1.84. The van der Waals surface area contributed by atoms with Gasteiger partial charge in [-0.2, -0.15) is 16.7 Å². The number of ketones is 1. The molecule has 0 saturated heterocycles. The van der Waals surface area contributed by atoms with Crippen LogP contribution < -0.4 is 0 Å². The van der Waals surface area contributed by atoms with E-state index in [1.807, 2.05) is 13.2 Å². The average Bonchev–Trinajstić information content (AvgIpc) is 2.53. The summed E-state index contributed by atoms with van der Waals surface area (Å²) in [5, 5.41) is 3.76. The van der Waals surface area contributed by atoms with E-state index in [1.54, 1.807) is 11.8 Å². The van der Waals surface area contributed by atoms with E-state index in [-0.39, 0.29) is 12.2 Å². The lowest BCUT2D eigenvalue weighted by atomic mass is 10.2. The fourth-order valence-electron chi connectivity index (χ4n) is 1.09. The molecule has 4 nitrogen and oxygen atoms in total. The van der Waals surface area contributed by atoms with E-state index in [1.165, 1.54) is 0 Å². The lowest BCUT2D eigenvalue weighted by Gasteiger charge is -1.91. The van der Waals surface area contributed by atoms with Crippen molar-refractivity contribution in [3.63, 3.8) is 0 Å². The minimum Gasteiger partial charge on any atom is -0.339 e. The zero-order valence-corrected chi connectivity index (χ0v) is 9.26. The van der Waals surface area contributed by atoms with E-state index >= 15 is 0 Å². The summed E-state index contributed by atoms with van der Waals surface area (Å²) >= 11 is 1.63. The van der Waals surface area contributed by atoms with Gasteiger partial charge < -0.3 is 4.52 Å². The van der Waals surface area contributed by atoms with Gasteiger partial charge in [0.05, 0.1) is 12.2 Å². The van der Waals surface area contributed by atoms with Crippen LogP contribution in [0.4, 0.5) is 0 Å². The van der Waals surface area contributed by atoms with Gasteiger partial charge in [0.25, 0.3) is 0 Å². The summed E-state index contributed by atoms with van der Waals surface area (Å²) in [6.07, 6.45) is 3.69. The SMILES string of the molecule is CCCC(=O)Cc1nc(CSC)no1. The molecule has 0 aliphatic rings. The van der Waals surface area contributed by atoms with Gasteiger partial charge in [-0.3, -0.25) is 4.79 Å². The summed E-state index contributed by atoms with van der Waals surface area (Å²) in [6, 6.07) is 0. The first-order chi connectivity index (χ1) is 6.76. The Morgan fingerprint density at radius 1 is 1.57 bits per heavy atom. The summed E-state index contributed by atoms with van der Waals surface area (Å²) in [6.45, 7) is 1.98. The molecule has 0 unspecified atom stereocenters. The summed E-state index contributed by atoms with van der Waals surface area (Å²) in [4.78, 5) is 15.3. The van der Waals surface area contributed by atoms with Crippen LogP contribution in [-0.2, 0) is 17.0 Å². The van der Waals surface area contributed by atoms with E-state index in [4.69, 9.17) is 4.52 Å². The standard InChI is InChI=1S/C9H14N2O2S/c1-3-4-7(12)5-9-10-8(6-14-2)11-13-9/h3-6H2,1-2H3. The summed E-state index contributed by atoms with van der Waals surface area (Å²) in [5.41, 5.74) is 0. The Kier molecular flexibility index (Phi) is 4.65. The number of thioether (sulfide) groups is 1. The van der Waals surface area contributed by atoms with Crippen LogP contribution >= 0.6 is 11.8 Å². The molecule has 0 aromatic carbocycles. The maximum Gasteiger partial charge on any atom is 0.234 e. The van der Waals surface area contributed by atoms with Crippen molar-refractivity contribution in [2.45, 2.75) is 31.9 Å². The monoisotopic (exact) mass is 214 g/mol. The molecule has 5 heteroatoms. The molecule has 0 fully saturated rings. The fourth-order valence-corrected chi connectivity index (χ4v) is 1.46. The third kappa shape index (κ3) is 3.49. The van der Waals surface area contributed by atoms with E-state index in [0.717, 1.165) is 12.2 Å². The van der Waals surface area contributed by atoms with Gasteiger partial charge in [0, 0.05) is 6.42 Å². The molecular weight excluding hydrogens is 200 g/mol. The summed E-state index contributed by atoms with van der Waals surface area (Å²) < 4.78 is 4.94. The Bertz CT molecular complexity index is 299. The highest BCUT2D eigenvalue weighted by Crippen LogP contribution is 2.06. The van der Waals surface area contributed by atoms with Crippen molar-refractivity contribution >= 4 is 17.5 Å². The molecule has 0 aliphatic carbocycles. The van der Waals surface area contributed by atoms with Crippen molar-refractivity contribution in [1.82, 2.24) is 10.1 Å². The zero-order valence-electron chi connectivity index (χ0n) is 8.45. The maximum absolute atomic E-state index is 11.2. The van der Waals surface area contributed by atoms with Crippen molar-refractivity contribution in [1.29, 1.82) is 0 Å². The van der Waals surface area contributed by atoms with E-state index in [0.29, 0.717) is 18.1 Å². The fraction of sp³-hybridized carbons (Fsp3) is 0.667. The number of nitrogens with zero attached hydrogens (tertiary/aromatic N) is 2. The van der Waals surface area contributed by atoms with Crippen molar-refractivity contribution < 1.29 is 9.32 Å². The molecule has 1 rings (SSSR count). The number of carbonyl (C=O) groups excluding carboxylic acids is 1. The first kappa shape index (κ1) is 11.2. The van der Waals surface area contributed by atoms with Gasteiger partial charge in [-0.05, 0) is 12.7 Å². The molecule has 0 spiro atoms. The largest absolute Gasteiger partial charge is 0.339 e. The minimum absolute atomic E-state index is 0.159. The van der Waals surface area contributed by atoms with Gasteiger partial charge in [0.15, 0.2) is 5.82 Å². The lowest BCUT2D eigenvalue weighted by molar-refractivity contribution is -0.118. The van der Waals surface area contributed by atoms with Gasteiger partial charge in [0.1, 0.15) is 5.78 Å². The zero-order chi connectivity index (χ0) is 10.4. The molecule has 0 bridgehead atoms. The second kappa shape index (κ2) is 5.80. The Hall–Kier alpha value is -0.840. The second-order valence-corrected chi connectivity index (χ2v) is 3.87. The number of carbonyl (C=O) groups is 1. The van der Waals surface area contributed by atoms with Gasteiger partial charge in [0.2, 0.25) is 5.89 Å². The second-order valence-electron chi connectivity index (χ2n) is 3.00. The number of rotatable bonds is 6.